The van der Waals surface area contributed by atoms with E-state index >= 15 is 0 Å². The molecule has 1 aliphatic heterocycles. The molecule has 1 saturated heterocycles. The van der Waals surface area contributed by atoms with E-state index in [1.165, 1.54) is 0 Å². The Kier molecular flexibility index (Phi) is 4.04. The van der Waals surface area contributed by atoms with Gasteiger partial charge in [-0.05, 0) is 18.8 Å². The predicted octanol–water partition coefficient (Wildman–Crippen LogP) is 2.12. The lowest BCUT2D eigenvalue weighted by Gasteiger charge is -2.19. The number of hydrogen-bond acceptors (Lipinski definition) is 1. The van der Waals surface area contributed by atoms with E-state index in [1.54, 1.807) is 0 Å². The highest BCUT2D eigenvalue weighted by atomic mass is 35.5. The van der Waals surface area contributed by atoms with Crippen LogP contribution in [0.2, 0.25) is 0 Å². The standard InChI is InChI=1S/C10H18ClNO/c1-3-8(2)10(13)12-5-4-9(6-11)7-12/h8-9H,3-7H2,1-2H3. The molecule has 0 spiro atoms. The number of carbonyl (C=O) groups is 1. The van der Waals surface area contributed by atoms with Crippen LogP contribution in [0, 0.1) is 11.8 Å². The molecule has 0 aromatic heterocycles. The highest BCUT2D eigenvalue weighted by Crippen LogP contribution is 2.20. The van der Waals surface area contributed by atoms with Crippen LogP contribution in [0.3, 0.4) is 0 Å². The van der Waals surface area contributed by atoms with Crippen LogP contribution in [0.1, 0.15) is 26.7 Å². The molecule has 3 heteroatoms. The molecule has 2 nitrogen and oxygen atoms in total. The molecule has 1 amide bonds. The number of hydrogen-bond donors (Lipinski definition) is 0. The van der Waals surface area contributed by atoms with Crippen LogP contribution in [0.25, 0.3) is 0 Å². The monoisotopic (exact) mass is 203 g/mol. The van der Waals surface area contributed by atoms with Crippen molar-refractivity contribution in [2.24, 2.45) is 11.8 Å². The van der Waals surface area contributed by atoms with Crippen LogP contribution >= 0.6 is 11.6 Å². The maximum atomic E-state index is 11.7. The van der Waals surface area contributed by atoms with Gasteiger partial charge in [-0.25, -0.2) is 0 Å². The van der Waals surface area contributed by atoms with Crippen LogP contribution < -0.4 is 0 Å². The highest BCUT2D eigenvalue weighted by Gasteiger charge is 2.27. The van der Waals surface area contributed by atoms with Crippen molar-refractivity contribution >= 4 is 17.5 Å². The lowest BCUT2D eigenvalue weighted by atomic mass is 10.1. The zero-order chi connectivity index (χ0) is 9.84. The summed E-state index contributed by atoms with van der Waals surface area (Å²) in [4.78, 5) is 13.7. The minimum Gasteiger partial charge on any atom is -0.342 e. The fourth-order valence-corrected chi connectivity index (χ4v) is 1.90. The van der Waals surface area contributed by atoms with Crippen molar-refractivity contribution in [2.45, 2.75) is 26.7 Å². The van der Waals surface area contributed by atoms with Crippen molar-refractivity contribution in [3.05, 3.63) is 0 Å². The Morgan fingerprint density at radius 2 is 2.38 bits per heavy atom. The third kappa shape index (κ3) is 2.60. The van der Waals surface area contributed by atoms with Crippen molar-refractivity contribution in [3.63, 3.8) is 0 Å². The van der Waals surface area contributed by atoms with Gasteiger partial charge in [-0.2, -0.15) is 0 Å². The van der Waals surface area contributed by atoms with Gasteiger partial charge in [0.2, 0.25) is 5.91 Å². The van der Waals surface area contributed by atoms with E-state index in [1.807, 2.05) is 11.8 Å². The molecule has 2 unspecified atom stereocenters. The smallest absolute Gasteiger partial charge is 0.225 e. The normalized spacial score (nSPS) is 24.8. The Labute approximate surface area is 85.2 Å². The Hall–Kier alpha value is -0.240. The summed E-state index contributed by atoms with van der Waals surface area (Å²) in [6.45, 7) is 5.82. The summed E-state index contributed by atoms with van der Waals surface area (Å²) < 4.78 is 0. The third-order valence-corrected chi connectivity index (χ3v) is 3.29. The van der Waals surface area contributed by atoms with Crippen molar-refractivity contribution in [2.75, 3.05) is 19.0 Å². The van der Waals surface area contributed by atoms with Gasteiger partial charge in [-0.1, -0.05) is 13.8 Å². The molecule has 0 aromatic carbocycles. The molecule has 0 N–H and O–H groups in total. The van der Waals surface area contributed by atoms with Gasteiger partial charge in [0, 0.05) is 24.9 Å². The molecule has 0 saturated carbocycles. The van der Waals surface area contributed by atoms with E-state index in [4.69, 9.17) is 11.6 Å². The van der Waals surface area contributed by atoms with Crippen LogP contribution in [-0.4, -0.2) is 29.8 Å². The fraction of sp³-hybridized carbons (Fsp3) is 0.900. The number of carbonyl (C=O) groups excluding carboxylic acids is 1. The molecule has 1 heterocycles. The first kappa shape index (κ1) is 10.8. The lowest BCUT2D eigenvalue weighted by Crippen LogP contribution is -2.33. The summed E-state index contributed by atoms with van der Waals surface area (Å²) >= 11 is 5.75. The average molecular weight is 204 g/mol. The summed E-state index contributed by atoms with van der Waals surface area (Å²) in [5.74, 6) is 1.68. The third-order valence-electron chi connectivity index (χ3n) is 2.85. The van der Waals surface area contributed by atoms with Crippen molar-refractivity contribution < 1.29 is 4.79 Å². The van der Waals surface area contributed by atoms with E-state index in [0.29, 0.717) is 17.7 Å². The van der Waals surface area contributed by atoms with Gasteiger partial charge in [-0.3, -0.25) is 4.79 Å². The number of amides is 1. The molecule has 0 aliphatic carbocycles. The molecule has 0 radical (unpaired) electrons. The minimum absolute atomic E-state index is 0.175. The van der Waals surface area contributed by atoms with Crippen molar-refractivity contribution in [3.8, 4) is 0 Å². The van der Waals surface area contributed by atoms with Crippen LogP contribution in [0.5, 0.6) is 0 Å². The first-order valence-corrected chi connectivity index (χ1v) is 5.57. The molecule has 1 rings (SSSR count). The van der Waals surface area contributed by atoms with Crippen LogP contribution in [-0.2, 0) is 4.79 Å². The molecule has 0 bridgehead atoms. The molecule has 13 heavy (non-hydrogen) atoms. The highest BCUT2D eigenvalue weighted by molar-refractivity contribution is 6.18. The second kappa shape index (κ2) is 4.85. The molecular formula is C10H18ClNO. The molecule has 1 aliphatic rings. The Morgan fingerprint density at radius 3 is 2.85 bits per heavy atom. The van der Waals surface area contributed by atoms with Crippen LogP contribution in [0.15, 0.2) is 0 Å². The first-order valence-electron chi connectivity index (χ1n) is 5.03. The van der Waals surface area contributed by atoms with E-state index in [-0.39, 0.29) is 5.92 Å². The van der Waals surface area contributed by atoms with Crippen molar-refractivity contribution in [1.29, 1.82) is 0 Å². The maximum absolute atomic E-state index is 11.7. The summed E-state index contributed by atoms with van der Waals surface area (Å²) in [5, 5.41) is 0. The van der Waals surface area contributed by atoms with Gasteiger partial charge in [-0.15, -0.1) is 11.6 Å². The van der Waals surface area contributed by atoms with E-state index in [9.17, 15) is 4.79 Å². The summed E-state index contributed by atoms with van der Waals surface area (Å²) in [5.41, 5.74) is 0. The second-order valence-corrected chi connectivity index (χ2v) is 4.21. The lowest BCUT2D eigenvalue weighted by molar-refractivity contribution is -0.134. The predicted molar refractivity (Wildman–Crippen MR) is 54.9 cm³/mol. The van der Waals surface area contributed by atoms with Crippen LogP contribution in [0.4, 0.5) is 0 Å². The van der Waals surface area contributed by atoms with Crippen molar-refractivity contribution in [1.82, 2.24) is 4.90 Å². The topological polar surface area (TPSA) is 20.3 Å². The molecule has 76 valence electrons. The van der Waals surface area contributed by atoms with Gasteiger partial charge in [0.1, 0.15) is 0 Å². The van der Waals surface area contributed by atoms with Gasteiger partial charge in [0.05, 0.1) is 0 Å². The number of likely N-dealkylation sites (tertiary alicyclic amines) is 1. The van der Waals surface area contributed by atoms with Gasteiger partial charge < -0.3 is 4.90 Å². The maximum Gasteiger partial charge on any atom is 0.225 e. The first-order chi connectivity index (χ1) is 6.19. The molecular weight excluding hydrogens is 186 g/mol. The number of rotatable bonds is 3. The number of alkyl halides is 1. The minimum atomic E-state index is 0.175. The Balaban J connectivity index is 2.41. The number of nitrogens with zero attached hydrogens (tertiary/aromatic N) is 1. The largest absolute Gasteiger partial charge is 0.342 e. The van der Waals surface area contributed by atoms with E-state index < -0.39 is 0 Å². The van der Waals surface area contributed by atoms with Gasteiger partial charge in [0.25, 0.3) is 0 Å². The summed E-state index contributed by atoms with van der Waals surface area (Å²) in [6, 6.07) is 0. The Morgan fingerprint density at radius 1 is 1.69 bits per heavy atom. The molecule has 1 fully saturated rings. The summed E-state index contributed by atoms with van der Waals surface area (Å²) in [6.07, 6.45) is 2.01. The Bertz CT molecular complexity index is 184. The zero-order valence-electron chi connectivity index (χ0n) is 8.42. The number of halogens is 1. The second-order valence-electron chi connectivity index (χ2n) is 3.90. The zero-order valence-corrected chi connectivity index (χ0v) is 9.18. The van der Waals surface area contributed by atoms with Gasteiger partial charge in [0.15, 0.2) is 0 Å². The average Bonchev–Trinajstić information content (AvgIpc) is 2.63. The fourth-order valence-electron chi connectivity index (χ4n) is 1.65. The summed E-state index contributed by atoms with van der Waals surface area (Å²) in [7, 11) is 0. The quantitative estimate of drug-likeness (QED) is 0.644. The SMILES string of the molecule is CCC(C)C(=O)N1CCC(CCl)C1. The van der Waals surface area contributed by atoms with E-state index in [2.05, 4.69) is 6.92 Å². The van der Waals surface area contributed by atoms with Gasteiger partial charge >= 0.3 is 0 Å². The molecule has 2 atom stereocenters. The molecule has 0 aromatic rings. The van der Waals surface area contributed by atoms with E-state index in [0.717, 1.165) is 25.9 Å².